The maximum absolute atomic E-state index is 11.1. The summed E-state index contributed by atoms with van der Waals surface area (Å²) in [5, 5.41) is 5.97. The fraction of sp³-hybridized carbons (Fsp3) is 0.909. The van der Waals surface area contributed by atoms with Gasteiger partial charge in [0.05, 0.1) is 6.54 Å². The molecule has 3 heteroatoms. The number of carbonyl (C=O) groups is 1. The number of hydrogen-bond donors (Lipinski definition) is 2. The highest BCUT2D eigenvalue weighted by atomic mass is 16.1. The SMILES string of the molecule is CNC(=O)CNC1CC(C)CCC1C. The Bertz CT molecular complexity index is 194. The normalized spacial score (nSPS) is 32.6. The fourth-order valence-corrected chi connectivity index (χ4v) is 2.13. The Morgan fingerprint density at radius 1 is 1.36 bits per heavy atom. The van der Waals surface area contributed by atoms with Crippen molar-refractivity contribution in [1.29, 1.82) is 0 Å². The number of rotatable bonds is 3. The van der Waals surface area contributed by atoms with Crippen LogP contribution < -0.4 is 10.6 Å². The van der Waals surface area contributed by atoms with E-state index in [-0.39, 0.29) is 5.91 Å². The summed E-state index contributed by atoms with van der Waals surface area (Å²) in [6.45, 7) is 5.02. The Balaban J connectivity index is 2.30. The van der Waals surface area contributed by atoms with Crippen molar-refractivity contribution < 1.29 is 4.79 Å². The molecule has 0 saturated heterocycles. The standard InChI is InChI=1S/C11H22N2O/c1-8-4-5-9(2)10(6-8)13-7-11(14)12-3/h8-10,13H,4-7H2,1-3H3,(H,12,14). The van der Waals surface area contributed by atoms with Gasteiger partial charge in [0.2, 0.25) is 5.91 Å². The van der Waals surface area contributed by atoms with Gasteiger partial charge in [0.1, 0.15) is 0 Å². The Kier molecular flexibility index (Phi) is 4.39. The van der Waals surface area contributed by atoms with Crippen LogP contribution in [0.1, 0.15) is 33.1 Å². The third kappa shape index (κ3) is 3.29. The second kappa shape index (κ2) is 5.35. The zero-order valence-electron chi connectivity index (χ0n) is 9.47. The molecule has 14 heavy (non-hydrogen) atoms. The van der Waals surface area contributed by atoms with Crippen LogP contribution in [0, 0.1) is 11.8 Å². The minimum atomic E-state index is 0.0791. The van der Waals surface area contributed by atoms with Crippen molar-refractivity contribution in [3.05, 3.63) is 0 Å². The van der Waals surface area contributed by atoms with Crippen molar-refractivity contribution >= 4 is 5.91 Å². The first-order valence-corrected chi connectivity index (χ1v) is 5.57. The second-order valence-electron chi connectivity index (χ2n) is 4.56. The van der Waals surface area contributed by atoms with Crippen LogP contribution in [-0.4, -0.2) is 25.5 Å². The van der Waals surface area contributed by atoms with E-state index in [9.17, 15) is 4.79 Å². The van der Waals surface area contributed by atoms with Crippen molar-refractivity contribution in [3.63, 3.8) is 0 Å². The minimum Gasteiger partial charge on any atom is -0.358 e. The highest BCUT2D eigenvalue weighted by molar-refractivity contribution is 5.77. The molecule has 3 atom stereocenters. The molecular weight excluding hydrogens is 176 g/mol. The van der Waals surface area contributed by atoms with Crippen molar-refractivity contribution in [1.82, 2.24) is 10.6 Å². The molecule has 0 bridgehead atoms. The van der Waals surface area contributed by atoms with Crippen LogP contribution in [0.25, 0.3) is 0 Å². The second-order valence-corrected chi connectivity index (χ2v) is 4.56. The van der Waals surface area contributed by atoms with Crippen molar-refractivity contribution in [3.8, 4) is 0 Å². The average Bonchev–Trinajstić information content (AvgIpc) is 2.19. The lowest BCUT2D eigenvalue weighted by molar-refractivity contribution is -0.120. The maximum Gasteiger partial charge on any atom is 0.233 e. The van der Waals surface area contributed by atoms with Crippen LogP contribution in [0.2, 0.25) is 0 Å². The highest BCUT2D eigenvalue weighted by Gasteiger charge is 2.25. The molecule has 1 aliphatic carbocycles. The molecule has 0 radical (unpaired) electrons. The topological polar surface area (TPSA) is 41.1 Å². The van der Waals surface area contributed by atoms with Gasteiger partial charge in [-0.3, -0.25) is 4.79 Å². The smallest absolute Gasteiger partial charge is 0.233 e. The van der Waals surface area contributed by atoms with E-state index in [1.807, 2.05) is 0 Å². The molecule has 1 fully saturated rings. The van der Waals surface area contributed by atoms with Gasteiger partial charge in [0, 0.05) is 13.1 Å². The molecule has 0 aromatic heterocycles. The monoisotopic (exact) mass is 198 g/mol. The van der Waals surface area contributed by atoms with E-state index >= 15 is 0 Å². The summed E-state index contributed by atoms with van der Waals surface area (Å²) in [7, 11) is 1.68. The van der Waals surface area contributed by atoms with Crippen LogP contribution in [0.15, 0.2) is 0 Å². The van der Waals surface area contributed by atoms with E-state index in [1.165, 1.54) is 19.3 Å². The molecule has 0 heterocycles. The van der Waals surface area contributed by atoms with E-state index < -0.39 is 0 Å². The first-order valence-electron chi connectivity index (χ1n) is 5.57. The van der Waals surface area contributed by atoms with Gasteiger partial charge in [-0.2, -0.15) is 0 Å². The molecule has 1 rings (SSSR count). The molecule has 1 amide bonds. The van der Waals surface area contributed by atoms with E-state index in [1.54, 1.807) is 7.05 Å². The van der Waals surface area contributed by atoms with Gasteiger partial charge in [0.25, 0.3) is 0 Å². The van der Waals surface area contributed by atoms with Crippen molar-refractivity contribution in [2.24, 2.45) is 11.8 Å². The molecule has 0 aromatic rings. The van der Waals surface area contributed by atoms with Gasteiger partial charge in [-0.05, 0) is 24.7 Å². The van der Waals surface area contributed by atoms with Gasteiger partial charge in [-0.1, -0.05) is 20.3 Å². The van der Waals surface area contributed by atoms with Gasteiger partial charge < -0.3 is 10.6 Å². The highest BCUT2D eigenvalue weighted by Crippen LogP contribution is 2.28. The molecule has 3 unspecified atom stereocenters. The molecule has 0 aromatic carbocycles. The van der Waals surface area contributed by atoms with Crippen LogP contribution in [0.4, 0.5) is 0 Å². The summed E-state index contributed by atoms with van der Waals surface area (Å²) in [4.78, 5) is 11.1. The minimum absolute atomic E-state index is 0.0791. The lowest BCUT2D eigenvalue weighted by Gasteiger charge is -2.33. The van der Waals surface area contributed by atoms with E-state index in [0.717, 1.165) is 5.92 Å². The molecule has 2 N–H and O–H groups in total. The summed E-state index contributed by atoms with van der Waals surface area (Å²) in [5.41, 5.74) is 0. The molecule has 0 spiro atoms. The first kappa shape index (κ1) is 11.5. The quantitative estimate of drug-likeness (QED) is 0.714. The summed E-state index contributed by atoms with van der Waals surface area (Å²) in [6, 6.07) is 0.524. The number of hydrogen-bond acceptors (Lipinski definition) is 2. The lowest BCUT2D eigenvalue weighted by atomic mass is 9.80. The summed E-state index contributed by atoms with van der Waals surface area (Å²) < 4.78 is 0. The largest absolute Gasteiger partial charge is 0.358 e. The molecule has 1 saturated carbocycles. The van der Waals surface area contributed by atoms with Gasteiger partial charge in [-0.25, -0.2) is 0 Å². The lowest BCUT2D eigenvalue weighted by Crippen LogP contribution is -2.43. The first-order chi connectivity index (χ1) is 6.63. The Morgan fingerprint density at radius 3 is 2.71 bits per heavy atom. The Hall–Kier alpha value is -0.570. The molecular formula is C11H22N2O. The van der Waals surface area contributed by atoms with Gasteiger partial charge in [0.15, 0.2) is 0 Å². The maximum atomic E-state index is 11.1. The predicted octanol–water partition coefficient (Wildman–Crippen LogP) is 1.15. The summed E-state index contributed by atoms with van der Waals surface area (Å²) in [5.74, 6) is 1.58. The molecule has 3 nitrogen and oxygen atoms in total. The molecule has 0 aliphatic heterocycles. The van der Waals surface area contributed by atoms with Crippen LogP contribution >= 0.6 is 0 Å². The number of likely N-dealkylation sites (N-methyl/N-ethyl adjacent to an activating group) is 1. The van der Waals surface area contributed by atoms with Crippen molar-refractivity contribution in [2.75, 3.05) is 13.6 Å². The predicted molar refractivity (Wildman–Crippen MR) is 58.0 cm³/mol. The number of carbonyl (C=O) groups excluding carboxylic acids is 1. The van der Waals surface area contributed by atoms with E-state index in [4.69, 9.17) is 0 Å². The molecule has 82 valence electrons. The van der Waals surface area contributed by atoms with Crippen molar-refractivity contribution in [2.45, 2.75) is 39.2 Å². The number of amides is 1. The van der Waals surface area contributed by atoms with Crippen LogP contribution in [0.3, 0.4) is 0 Å². The average molecular weight is 198 g/mol. The Morgan fingerprint density at radius 2 is 2.07 bits per heavy atom. The van der Waals surface area contributed by atoms with Gasteiger partial charge >= 0.3 is 0 Å². The van der Waals surface area contributed by atoms with Crippen LogP contribution in [0.5, 0.6) is 0 Å². The third-order valence-corrected chi connectivity index (χ3v) is 3.26. The zero-order valence-corrected chi connectivity index (χ0v) is 9.47. The third-order valence-electron chi connectivity index (χ3n) is 3.26. The fourth-order valence-electron chi connectivity index (χ4n) is 2.13. The van der Waals surface area contributed by atoms with E-state index in [0.29, 0.717) is 18.5 Å². The molecule has 1 aliphatic rings. The van der Waals surface area contributed by atoms with E-state index in [2.05, 4.69) is 24.5 Å². The summed E-state index contributed by atoms with van der Waals surface area (Å²) >= 11 is 0. The Labute approximate surface area is 86.6 Å². The van der Waals surface area contributed by atoms with Crippen LogP contribution in [-0.2, 0) is 4.79 Å². The summed E-state index contributed by atoms with van der Waals surface area (Å²) in [6.07, 6.45) is 3.82. The zero-order chi connectivity index (χ0) is 10.6. The number of nitrogens with one attached hydrogen (secondary N) is 2. The van der Waals surface area contributed by atoms with Gasteiger partial charge in [-0.15, -0.1) is 0 Å².